The summed E-state index contributed by atoms with van der Waals surface area (Å²) in [5.41, 5.74) is 2.65. The van der Waals surface area contributed by atoms with E-state index in [0.29, 0.717) is 30.1 Å². The van der Waals surface area contributed by atoms with E-state index in [-0.39, 0.29) is 5.92 Å². The molecule has 3 aliphatic rings. The van der Waals surface area contributed by atoms with Gasteiger partial charge in [-0.2, -0.15) is 0 Å². The number of hydrogen-bond donors (Lipinski definition) is 3. The summed E-state index contributed by atoms with van der Waals surface area (Å²) in [7, 11) is 0. The molecule has 3 unspecified atom stereocenters. The molecule has 3 nitrogen and oxygen atoms in total. The van der Waals surface area contributed by atoms with Crippen LogP contribution in [0.3, 0.4) is 0 Å². The van der Waals surface area contributed by atoms with Crippen LogP contribution >= 0.6 is 0 Å². The minimum Gasteiger partial charge on any atom is -0.392 e. The van der Waals surface area contributed by atoms with Crippen LogP contribution in [0.2, 0.25) is 0 Å². The summed E-state index contributed by atoms with van der Waals surface area (Å²) in [5.74, 6) is 2.15. The van der Waals surface area contributed by atoms with E-state index >= 15 is 0 Å². The Morgan fingerprint density at radius 2 is 1.80 bits per heavy atom. The third-order valence-corrected chi connectivity index (χ3v) is 8.86. The molecule has 30 heavy (non-hydrogen) atoms. The van der Waals surface area contributed by atoms with Crippen LogP contribution in [0.4, 0.5) is 0 Å². The van der Waals surface area contributed by atoms with E-state index < -0.39 is 17.8 Å². The zero-order valence-electron chi connectivity index (χ0n) is 20.0. The smallest absolute Gasteiger partial charge is 0.0627 e. The lowest BCUT2D eigenvalue weighted by atomic mass is 9.60. The molecular weight excluding hydrogens is 372 g/mol. The van der Waals surface area contributed by atoms with Crippen LogP contribution in [-0.4, -0.2) is 33.1 Å². The first kappa shape index (κ1) is 24.0. The van der Waals surface area contributed by atoms with Crippen molar-refractivity contribution >= 4 is 0 Å². The van der Waals surface area contributed by atoms with Crippen LogP contribution in [0.5, 0.6) is 0 Å². The molecule has 6 atom stereocenters. The lowest BCUT2D eigenvalue weighted by molar-refractivity contribution is 0.00406. The van der Waals surface area contributed by atoms with Crippen molar-refractivity contribution in [1.29, 1.82) is 0 Å². The Labute approximate surface area is 184 Å². The summed E-state index contributed by atoms with van der Waals surface area (Å²) < 4.78 is 0. The van der Waals surface area contributed by atoms with Crippen molar-refractivity contribution < 1.29 is 15.3 Å². The molecule has 0 aromatic rings. The van der Waals surface area contributed by atoms with E-state index in [4.69, 9.17) is 0 Å². The summed E-state index contributed by atoms with van der Waals surface area (Å²) >= 11 is 0. The largest absolute Gasteiger partial charge is 0.392 e. The normalized spacial score (nSPS) is 39.8. The molecule has 0 saturated heterocycles. The summed E-state index contributed by atoms with van der Waals surface area (Å²) in [6.07, 6.45) is 14.8. The van der Waals surface area contributed by atoms with Gasteiger partial charge in [0.1, 0.15) is 0 Å². The van der Waals surface area contributed by atoms with Gasteiger partial charge in [0.15, 0.2) is 0 Å². The topological polar surface area (TPSA) is 60.7 Å². The van der Waals surface area contributed by atoms with Gasteiger partial charge in [0.2, 0.25) is 0 Å². The lowest BCUT2D eigenvalue weighted by Gasteiger charge is -2.44. The highest BCUT2D eigenvalue weighted by atomic mass is 16.3. The summed E-state index contributed by atoms with van der Waals surface area (Å²) in [6, 6.07) is 0. The van der Waals surface area contributed by atoms with E-state index in [9.17, 15) is 15.3 Å². The molecule has 3 N–H and O–H groups in total. The molecule has 0 amide bonds. The van der Waals surface area contributed by atoms with Gasteiger partial charge in [0, 0.05) is 5.92 Å². The molecule has 0 aliphatic heterocycles. The number of rotatable bonds is 6. The van der Waals surface area contributed by atoms with Crippen molar-refractivity contribution in [1.82, 2.24) is 0 Å². The summed E-state index contributed by atoms with van der Waals surface area (Å²) in [6.45, 7) is 10.8. The lowest BCUT2D eigenvalue weighted by Crippen LogP contribution is -2.36. The highest BCUT2D eigenvalue weighted by molar-refractivity contribution is 5.26. The van der Waals surface area contributed by atoms with Crippen LogP contribution in [0.15, 0.2) is 23.3 Å². The molecule has 0 spiro atoms. The van der Waals surface area contributed by atoms with Crippen molar-refractivity contribution in [2.24, 2.45) is 29.1 Å². The Hall–Kier alpha value is -0.640. The molecule has 3 aliphatic carbocycles. The summed E-state index contributed by atoms with van der Waals surface area (Å²) in [4.78, 5) is 0. The van der Waals surface area contributed by atoms with Crippen LogP contribution in [0, 0.1) is 29.1 Å². The zero-order valence-corrected chi connectivity index (χ0v) is 20.0. The van der Waals surface area contributed by atoms with Gasteiger partial charge in [0.25, 0.3) is 0 Å². The molecule has 3 rings (SSSR count). The Morgan fingerprint density at radius 3 is 2.43 bits per heavy atom. The highest BCUT2D eigenvalue weighted by Crippen LogP contribution is 2.60. The van der Waals surface area contributed by atoms with Crippen molar-refractivity contribution in [3.8, 4) is 0 Å². The fraction of sp³-hybridized carbons (Fsp3) is 0.852. The van der Waals surface area contributed by atoms with E-state index in [1.165, 1.54) is 44.1 Å². The second-order valence-electron chi connectivity index (χ2n) is 11.7. The maximum atomic E-state index is 10.2. The number of aliphatic hydroxyl groups is 3. The van der Waals surface area contributed by atoms with Gasteiger partial charge in [-0.1, -0.05) is 56.9 Å². The molecule has 0 radical (unpaired) electrons. The van der Waals surface area contributed by atoms with Crippen molar-refractivity contribution in [3.05, 3.63) is 23.3 Å². The van der Waals surface area contributed by atoms with Crippen LogP contribution in [0.25, 0.3) is 0 Å². The first-order valence-corrected chi connectivity index (χ1v) is 12.5. The van der Waals surface area contributed by atoms with Gasteiger partial charge in [0.05, 0.1) is 17.8 Å². The van der Waals surface area contributed by atoms with Crippen LogP contribution in [0.1, 0.15) is 98.8 Å². The van der Waals surface area contributed by atoms with Crippen molar-refractivity contribution in [3.63, 3.8) is 0 Å². The second-order valence-corrected chi connectivity index (χ2v) is 11.7. The van der Waals surface area contributed by atoms with E-state index in [1.807, 2.05) is 20.8 Å². The molecule has 0 heterocycles. The third-order valence-electron chi connectivity index (χ3n) is 8.86. The van der Waals surface area contributed by atoms with Gasteiger partial charge in [-0.25, -0.2) is 0 Å². The quantitative estimate of drug-likeness (QED) is 0.512. The molecule has 3 saturated carbocycles. The fourth-order valence-electron chi connectivity index (χ4n) is 6.88. The third kappa shape index (κ3) is 5.40. The number of aliphatic hydroxyl groups excluding tert-OH is 2. The SMILES string of the molecule is CC1[C@H](O)CC(=CC=C2CCCC3(C)C2CCC3[C@H](C)CCCC(C)(C)O)C[C@H]1O. The van der Waals surface area contributed by atoms with Gasteiger partial charge >= 0.3 is 0 Å². The average Bonchev–Trinajstić information content (AvgIpc) is 3.00. The predicted octanol–water partition coefficient (Wildman–Crippen LogP) is 5.78. The monoisotopic (exact) mass is 418 g/mol. The minimum atomic E-state index is -0.547. The first-order chi connectivity index (χ1) is 14.0. The maximum Gasteiger partial charge on any atom is 0.0627 e. The predicted molar refractivity (Wildman–Crippen MR) is 124 cm³/mol. The molecule has 0 aromatic carbocycles. The molecular formula is C27H46O3. The van der Waals surface area contributed by atoms with Crippen LogP contribution in [-0.2, 0) is 0 Å². The van der Waals surface area contributed by atoms with Gasteiger partial charge in [-0.3, -0.25) is 0 Å². The maximum absolute atomic E-state index is 10.2. The Kier molecular flexibility index (Phi) is 7.58. The standard InChI is InChI=1S/C27H46O3/c1-18(8-6-14-26(3,4)30)22-12-13-23-21(9-7-15-27(22,23)5)11-10-20-16-24(28)19(2)25(29)17-20/h10-11,18-19,22-25,28-30H,6-9,12-17H2,1-5H3/t18-,19?,22?,23?,24-,25-,27?/m1/s1. The van der Waals surface area contributed by atoms with Crippen molar-refractivity contribution in [2.45, 2.75) is 117 Å². The van der Waals surface area contributed by atoms with Crippen LogP contribution < -0.4 is 0 Å². The molecule has 172 valence electrons. The Balaban J connectivity index is 1.67. The zero-order chi connectivity index (χ0) is 22.1. The van der Waals surface area contributed by atoms with E-state index in [1.54, 1.807) is 5.57 Å². The van der Waals surface area contributed by atoms with E-state index in [2.05, 4.69) is 26.0 Å². The molecule has 3 heteroatoms. The number of hydrogen-bond acceptors (Lipinski definition) is 3. The molecule has 0 aromatic heterocycles. The Morgan fingerprint density at radius 1 is 1.13 bits per heavy atom. The number of allylic oxidation sites excluding steroid dienone is 3. The van der Waals surface area contributed by atoms with Crippen molar-refractivity contribution in [2.75, 3.05) is 0 Å². The van der Waals surface area contributed by atoms with Gasteiger partial charge < -0.3 is 15.3 Å². The first-order valence-electron chi connectivity index (χ1n) is 12.5. The average molecular weight is 419 g/mol. The van der Waals surface area contributed by atoms with Gasteiger partial charge in [-0.15, -0.1) is 0 Å². The molecule has 0 bridgehead atoms. The number of fused-ring (bicyclic) bond motifs is 1. The molecule has 3 fully saturated rings. The van der Waals surface area contributed by atoms with E-state index in [0.717, 1.165) is 18.8 Å². The van der Waals surface area contributed by atoms with Gasteiger partial charge in [-0.05, 0) is 88.4 Å². The Bertz CT molecular complexity index is 629. The minimum absolute atomic E-state index is 0.0266. The highest BCUT2D eigenvalue weighted by Gasteiger charge is 2.50. The second kappa shape index (κ2) is 9.46. The fourth-order valence-corrected chi connectivity index (χ4v) is 6.88. The summed E-state index contributed by atoms with van der Waals surface area (Å²) in [5, 5.41) is 30.5.